The molecular weight excluding hydrogens is 318 g/mol. The smallest absolute Gasteiger partial charge is 0.291 e. The summed E-state index contributed by atoms with van der Waals surface area (Å²) in [5.41, 5.74) is 7.36. The van der Waals surface area contributed by atoms with Crippen LogP contribution in [0.15, 0.2) is 41.0 Å². The molecule has 1 aromatic heterocycles. The number of hydrogen-bond acceptors (Lipinski definition) is 4. The zero-order valence-electron chi connectivity index (χ0n) is 13.0. The van der Waals surface area contributed by atoms with Crippen molar-refractivity contribution in [3.8, 4) is 0 Å². The van der Waals surface area contributed by atoms with Gasteiger partial charge in [-0.15, -0.1) is 12.4 Å². The minimum Gasteiger partial charge on any atom is -0.459 e. The molecule has 0 spiro atoms. The summed E-state index contributed by atoms with van der Waals surface area (Å²) in [5.74, 6) is -0.376. The maximum atomic E-state index is 12.1. The van der Waals surface area contributed by atoms with Gasteiger partial charge in [-0.1, -0.05) is 6.07 Å². The van der Waals surface area contributed by atoms with Crippen molar-refractivity contribution in [1.82, 2.24) is 5.32 Å². The lowest BCUT2D eigenvalue weighted by atomic mass is 10.1. The number of furan rings is 1. The van der Waals surface area contributed by atoms with E-state index in [-0.39, 0.29) is 36.0 Å². The Morgan fingerprint density at radius 3 is 2.61 bits per heavy atom. The molecule has 2 rings (SSSR count). The van der Waals surface area contributed by atoms with E-state index in [2.05, 4.69) is 10.6 Å². The van der Waals surface area contributed by atoms with Crippen LogP contribution in [0.3, 0.4) is 0 Å². The highest BCUT2D eigenvalue weighted by atomic mass is 35.5. The van der Waals surface area contributed by atoms with Gasteiger partial charge >= 0.3 is 0 Å². The van der Waals surface area contributed by atoms with E-state index < -0.39 is 0 Å². The van der Waals surface area contributed by atoms with Crippen LogP contribution in [0, 0.1) is 6.92 Å². The van der Waals surface area contributed by atoms with Crippen LogP contribution in [-0.2, 0) is 0 Å². The molecule has 0 bridgehead atoms. The second kappa shape index (κ2) is 8.36. The maximum Gasteiger partial charge on any atom is 0.291 e. The minimum atomic E-state index is -0.360. The number of carbonyl (C=O) groups excluding carboxylic acids is 2. The lowest BCUT2D eigenvalue weighted by Crippen LogP contribution is -2.37. The monoisotopic (exact) mass is 337 g/mol. The second-order valence-electron chi connectivity index (χ2n) is 5.07. The number of carbonyl (C=O) groups is 2. The van der Waals surface area contributed by atoms with E-state index >= 15 is 0 Å². The first-order valence-corrected chi connectivity index (χ1v) is 6.97. The fourth-order valence-corrected chi connectivity index (χ4v) is 1.86. The number of halogens is 1. The molecule has 6 nitrogen and oxygen atoms in total. The van der Waals surface area contributed by atoms with E-state index in [9.17, 15) is 9.59 Å². The van der Waals surface area contributed by atoms with E-state index in [0.29, 0.717) is 17.8 Å². The van der Waals surface area contributed by atoms with Gasteiger partial charge in [0.15, 0.2) is 5.76 Å². The van der Waals surface area contributed by atoms with Crippen molar-refractivity contribution in [3.05, 3.63) is 53.5 Å². The minimum absolute atomic E-state index is 0. The molecule has 1 heterocycles. The molecule has 0 unspecified atom stereocenters. The Morgan fingerprint density at radius 1 is 1.26 bits per heavy atom. The fraction of sp³-hybridized carbons (Fsp3) is 0.250. The highest BCUT2D eigenvalue weighted by Gasteiger charge is 2.13. The van der Waals surface area contributed by atoms with Gasteiger partial charge in [-0.25, -0.2) is 0 Å². The van der Waals surface area contributed by atoms with E-state index in [4.69, 9.17) is 10.2 Å². The first kappa shape index (κ1) is 18.7. The molecular formula is C16H20ClN3O3. The number of rotatable bonds is 5. The number of anilines is 1. The quantitative estimate of drug-likeness (QED) is 0.780. The standard InChI is InChI=1S/C16H19N3O3.ClH/c1-10-5-6-12(15(20)18-11(2)9-17)8-13(10)19-16(21)14-4-3-7-22-14;/h3-8,11H,9,17H2,1-2H3,(H,18,20)(H,19,21);1H/t11-;/m0./s1. The zero-order chi connectivity index (χ0) is 16.1. The van der Waals surface area contributed by atoms with Gasteiger partial charge in [-0.05, 0) is 43.7 Å². The zero-order valence-corrected chi connectivity index (χ0v) is 13.8. The molecule has 7 heteroatoms. The maximum absolute atomic E-state index is 12.1. The topological polar surface area (TPSA) is 97.4 Å². The van der Waals surface area contributed by atoms with Gasteiger partial charge in [0.25, 0.3) is 11.8 Å². The fourth-order valence-electron chi connectivity index (χ4n) is 1.86. The van der Waals surface area contributed by atoms with Crippen molar-refractivity contribution in [2.45, 2.75) is 19.9 Å². The second-order valence-corrected chi connectivity index (χ2v) is 5.07. The summed E-state index contributed by atoms with van der Waals surface area (Å²) in [7, 11) is 0. The first-order chi connectivity index (χ1) is 10.5. The van der Waals surface area contributed by atoms with Gasteiger partial charge in [-0.3, -0.25) is 9.59 Å². The van der Waals surface area contributed by atoms with Crippen LogP contribution in [0.2, 0.25) is 0 Å². The van der Waals surface area contributed by atoms with E-state index in [0.717, 1.165) is 5.56 Å². The van der Waals surface area contributed by atoms with Crippen molar-refractivity contribution >= 4 is 29.9 Å². The Balaban J connectivity index is 0.00000264. The molecule has 4 N–H and O–H groups in total. The van der Waals surface area contributed by atoms with Crippen LogP contribution in [0.1, 0.15) is 33.4 Å². The first-order valence-electron chi connectivity index (χ1n) is 6.97. The van der Waals surface area contributed by atoms with Crippen LogP contribution in [-0.4, -0.2) is 24.4 Å². The van der Waals surface area contributed by atoms with Gasteiger partial charge in [-0.2, -0.15) is 0 Å². The normalized spacial score (nSPS) is 11.3. The Morgan fingerprint density at radius 2 is 2.00 bits per heavy atom. The van der Waals surface area contributed by atoms with Crippen LogP contribution in [0.4, 0.5) is 5.69 Å². The van der Waals surface area contributed by atoms with Crippen molar-refractivity contribution in [1.29, 1.82) is 0 Å². The summed E-state index contributed by atoms with van der Waals surface area (Å²) in [6, 6.07) is 8.21. The number of aryl methyl sites for hydroxylation is 1. The highest BCUT2D eigenvalue weighted by Crippen LogP contribution is 2.18. The predicted octanol–water partition coefficient (Wildman–Crippen LogP) is 2.34. The number of benzene rings is 1. The van der Waals surface area contributed by atoms with Gasteiger partial charge in [0.1, 0.15) is 0 Å². The average Bonchev–Trinajstić information content (AvgIpc) is 3.03. The van der Waals surface area contributed by atoms with Gasteiger partial charge in [0.2, 0.25) is 0 Å². The molecule has 0 aliphatic carbocycles. The van der Waals surface area contributed by atoms with E-state index in [1.807, 2.05) is 13.8 Å². The van der Waals surface area contributed by atoms with Crippen LogP contribution in [0.5, 0.6) is 0 Å². The summed E-state index contributed by atoms with van der Waals surface area (Å²) < 4.78 is 5.05. The molecule has 0 fully saturated rings. The van der Waals surface area contributed by atoms with Crippen LogP contribution < -0.4 is 16.4 Å². The molecule has 0 aliphatic rings. The largest absolute Gasteiger partial charge is 0.459 e. The Kier molecular flexibility index (Phi) is 6.81. The van der Waals surface area contributed by atoms with Crippen molar-refractivity contribution in [2.75, 3.05) is 11.9 Å². The molecule has 0 radical (unpaired) electrons. The van der Waals surface area contributed by atoms with E-state index in [1.165, 1.54) is 6.26 Å². The Hall–Kier alpha value is -2.31. The van der Waals surface area contributed by atoms with Crippen molar-refractivity contribution in [3.63, 3.8) is 0 Å². The molecule has 2 aromatic rings. The average molecular weight is 338 g/mol. The molecule has 1 atom stereocenters. The van der Waals surface area contributed by atoms with Gasteiger partial charge in [0.05, 0.1) is 6.26 Å². The molecule has 1 aromatic carbocycles. The molecule has 124 valence electrons. The number of nitrogens with two attached hydrogens (primary N) is 1. The Labute approximate surface area is 140 Å². The van der Waals surface area contributed by atoms with Crippen LogP contribution >= 0.6 is 12.4 Å². The summed E-state index contributed by atoms with van der Waals surface area (Å²) in [5, 5.41) is 5.52. The molecule has 0 saturated heterocycles. The number of amides is 2. The molecule has 0 saturated carbocycles. The number of hydrogen-bond donors (Lipinski definition) is 3. The van der Waals surface area contributed by atoms with Crippen molar-refractivity contribution < 1.29 is 14.0 Å². The predicted molar refractivity (Wildman–Crippen MR) is 91.1 cm³/mol. The summed E-state index contributed by atoms with van der Waals surface area (Å²) in [6.45, 7) is 4.04. The highest BCUT2D eigenvalue weighted by molar-refractivity contribution is 6.03. The third kappa shape index (κ3) is 4.84. The SMILES string of the molecule is Cc1ccc(C(=O)N[C@@H](C)CN)cc1NC(=O)c1ccco1.Cl. The Bertz CT molecular complexity index is 671. The lowest BCUT2D eigenvalue weighted by molar-refractivity contribution is 0.0939. The molecule has 23 heavy (non-hydrogen) atoms. The third-order valence-corrected chi connectivity index (χ3v) is 3.22. The van der Waals surface area contributed by atoms with Gasteiger partial charge < -0.3 is 20.8 Å². The molecule has 2 amide bonds. The third-order valence-electron chi connectivity index (χ3n) is 3.22. The summed E-state index contributed by atoms with van der Waals surface area (Å²) >= 11 is 0. The lowest BCUT2D eigenvalue weighted by Gasteiger charge is -2.13. The number of nitrogens with one attached hydrogen (secondary N) is 2. The van der Waals surface area contributed by atoms with Crippen LogP contribution in [0.25, 0.3) is 0 Å². The summed E-state index contributed by atoms with van der Waals surface area (Å²) in [6.07, 6.45) is 1.43. The van der Waals surface area contributed by atoms with E-state index in [1.54, 1.807) is 30.3 Å². The van der Waals surface area contributed by atoms with Gasteiger partial charge in [0, 0.05) is 23.8 Å². The summed E-state index contributed by atoms with van der Waals surface area (Å²) in [4.78, 5) is 24.1. The van der Waals surface area contributed by atoms with Crippen molar-refractivity contribution in [2.24, 2.45) is 5.73 Å². The molecule has 0 aliphatic heterocycles.